The SMILES string of the molecule is COCCc1ccc2c3c(cccc13)C(=O)NC2=O. The summed E-state index contributed by atoms with van der Waals surface area (Å²) in [5.74, 6) is -0.654. The Morgan fingerprint density at radius 1 is 1.05 bits per heavy atom. The van der Waals surface area contributed by atoms with Gasteiger partial charge in [0, 0.05) is 23.6 Å². The van der Waals surface area contributed by atoms with E-state index in [1.54, 1.807) is 19.2 Å². The van der Waals surface area contributed by atoms with Crippen molar-refractivity contribution in [1.82, 2.24) is 5.32 Å². The van der Waals surface area contributed by atoms with Gasteiger partial charge in [-0.2, -0.15) is 0 Å². The summed E-state index contributed by atoms with van der Waals surface area (Å²) < 4.78 is 5.09. The molecule has 2 aromatic carbocycles. The molecule has 1 heterocycles. The molecule has 0 radical (unpaired) electrons. The summed E-state index contributed by atoms with van der Waals surface area (Å²) in [4.78, 5) is 23.7. The summed E-state index contributed by atoms with van der Waals surface area (Å²) in [6.07, 6.45) is 0.756. The van der Waals surface area contributed by atoms with Crippen LogP contribution in [0.2, 0.25) is 0 Å². The molecule has 0 bridgehead atoms. The van der Waals surface area contributed by atoms with Crippen LogP contribution in [-0.4, -0.2) is 25.5 Å². The van der Waals surface area contributed by atoms with E-state index in [2.05, 4.69) is 5.32 Å². The Morgan fingerprint density at radius 2 is 1.79 bits per heavy atom. The maximum atomic E-state index is 11.9. The van der Waals surface area contributed by atoms with Crippen molar-refractivity contribution in [3.8, 4) is 0 Å². The predicted molar refractivity (Wildman–Crippen MR) is 71.3 cm³/mol. The molecular weight excluding hydrogens is 242 g/mol. The number of carbonyl (C=O) groups excluding carboxylic acids is 2. The van der Waals surface area contributed by atoms with Gasteiger partial charge in [-0.3, -0.25) is 14.9 Å². The first kappa shape index (κ1) is 11.9. The molecular formula is C15H13NO3. The molecule has 0 spiro atoms. The van der Waals surface area contributed by atoms with Crippen LogP contribution in [0.1, 0.15) is 26.3 Å². The van der Waals surface area contributed by atoms with Crippen molar-refractivity contribution in [3.05, 3.63) is 47.0 Å². The number of carbonyl (C=O) groups is 2. The van der Waals surface area contributed by atoms with Gasteiger partial charge in [0.05, 0.1) is 6.61 Å². The monoisotopic (exact) mass is 255 g/mol. The Bertz CT molecular complexity index is 671. The third-order valence-corrected chi connectivity index (χ3v) is 3.42. The third kappa shape index (κ3) is 1.81. The topological polar surface area (TPSA) is 55.4 Å². The average molecular weight is 255 g/mol. The fourth-order valence-corrected chi connectivity index (χ4v) is 2.51. The second-order valence-corrected chi connectivity index (χ2v) is 4.53. The second kappa shape index (κ2) is 4.48. The molecule has 0 aromatic heterocycles. The van der Waals surface area contributed by atoms with Gasteiger partial charge in [0.25, 0.3) is 11.8 Å². The first-order chi connectivity index (χ1) is 9.22. The van der Waals surface area contributed by atoms with Gasteiger partial charge >= 0.3 is 0 Å². The summed E-state index contributed by atoms with van der Waals surface area (Å²) in [6, 6.07) is 9.23. The Hall–Kier alpha value is -2.20. The summed E-state index contributed by atoms with van der Waals surface area (Å²) in [5.41, 5.74) is 2.21. The highest BCUT2D eigenvalue weighted by Gasteiger charge is 2.25. The second-order valence-electron chi connectivity index (χ2n) is 4.53. The van der Waals surface area contributed by atoms with Crippen molar-refractivity contribution in [1.29, 1.82) is 0 Å². The molecule has 1 N–H and O–H groups in total. The zero-order valence-corrected chi connectivity index (χ0v) is 10.5. The van der Waals surface area contributed by atoms with E-state index in [4.69, 9.17) is 4.74 Å². The zero-order valence-electron chi connectivity index (χ0n) is 10.5. The van der Waals surface area contributed by atoms with Crippen LogP contribution in [0.15, 0.2) is 30.3 Å². The summed E-state index contributed by atoms with van der Waals surface area (Å²) >= 11 is 0. The molecule has 4 heteroatoms. The Labute approximate surface area is 110 Å². The van der Waals surface area contributed by atoms with Crippen LogP contribution in [-0.2, 0) is 11.2 Å². The van der Waals surface area contributed by atoms with Gasteiger partial charge in [-0.1, -0.05) is 18.2 Å². The normalized spacial score (nSPS) is 13.7. The number of amides is 2. The Kier molecular flexibility index (Phi) is 2.80. The fraction of sp³-hybridized carbons (Fsp3) is 0.200. The van der Waals surface area contributed by atoms with E-state index >= 15 is 0 Å². The van der Waals surface area contributed by atoms with Crippen molar-refractivity contribution in [2.45, 2.75) is 6.42 Å². The molecule has 0 aliphatic carbocycles. The van der Waals surface area contributed by atoms with Gasteiger partial charge in [0.2, 0.25) is 0 Å². The molecule has 1 aliphatic heterocycles. The molecule has 0 saturated carbocycles. The van der Waals surface area contributed by atoms with Crippen LogP contribution >= 0.6 is 0 Å². The van der Waals surface area contributed by atoms with Crippen LogP contribution in [0.25, 0.3) is 10.8 Å². The molecule has 0 atom stereocenters. The third-order valence-electron chi connectivity index (χ3n) is 3.42. The quantitative estimate of drug-likeness (QED) is 0.852. The first-order valence-electron chi connectivity index (χ1n) is 6.11. The van der Waals surface area contributed by atoms with E-state index in [-0.39, 0.29) is 11.8 Å². The molecule has 1 aliphatic rings. The standard InChI is InChI=1S/C15H13NO3/c1-19-8-7-9-5-6-12-13-10(9)3-2-4-11(13)14(17)16-15(12)18/h2-6H,7-8H2,1H3,(H,16,17,18). The van der Waals surface area contributed by atoms with Crippen LogP contribution in [0.3, 0.4) is 0 Å². The van der Waals surface area contributed by atoms with Gasteiger partial charge < -0.3 is 4.74 Å². The molecule has 2 aromatic rings. The van der Waals surface area contributed by atoms with E-state index < -0.39 is 0 Å². The number of ether oxygens (including phenoxy) is 1. The lowest BCUT2D eigenvalue weighted by Crippen LogP contribution is -2.34. The van der Waals surface area contributed by atoms with E-state index in [0.29, 0.717) is 17.7 Å². The van der Waals surface area contributed by atoms with E-state index in [9.17, 15) is 9.59 Å². The zero-order chi connectivity index (χ0) is 13.4. The van der Waals surface area contributed by atoms with Gasteiger partial charge in [0.1, 0.15) is 0 Å². The maximum Gasteiger partial charge on any atom is 0.258 e. The summed E-state index contributed by atoms with van der Waals surface area (Å²) in [6.45, 7) is 0.610. The predicted octanol–water partition coefficient (Wildman–Crippen LogP) is 1.91. The van der Waals surface area contributed by atoms with Crippen LogP contribution in [0.5, 0.6) is 0 Å². The number of hydrogen-bond donors (Lipinski definition) is 1. The lowest BCUT2D eigenvalue weighted by Gasteiger charge is -2.18. The molecule has 3 rings (SSSR count). The lowest BCUT2D eigenvalue weighted by atomic mass is 9.91. The van der Waals surface area contributed by atoms with Crippen molar-refractivity contribution in [2.75, 3.05) is 13.7 Å². The minimum atomic E-state index is -0.327. The van der Waals surface area contributed by atoms with Crippen molar-refractivity contribution in [2.24, 2.45) is 0 Å². The van der Waals surface area contributed by atoms with Gasteiger partial charge in [-0.25, -0.2) is 0 Å². The number of hydrogen-bond acceptors (Lipinski definition) is 3. The molecule has 4 nitrogen and oxygen atoms in total. The molecule has 0 unspecified atom stereocenters. The number of benzene rings is 2. The van der Waals surface area contributed by atoms with Gasteiger partial charge in [-0.15, -0.1) is 0 Å². The summed E-state index contributed by atoms with van der Waals surface area (Å²) in [7, 11) is 1.65. The molecule has 19 heavy (non-hydrogen) atoms. The number of rotatable bonds is 3. The average Bonchev–Trinajstić information content (AvgIpc) is 2.42. The smallest absolute Gasteiger partial charge is 0.258 e. The molecule has 0 saturated heterocycles. The molecule has 0 fully saturated rings. The highest BCUT2D eigenvalue weighted by atomic mass is 16.5. The fourth-order valence-electron chi connectivity index (χ4n) is 2.51. The van der Waals surface area contributed by atoms with E-state index in [1.165, 1.54) is 0 Å². The van der Waals surface area contributed by atoms with Crippen LogP contribution in [0, 0.1) is 0 Å². The minimum Gasteiger partial charge on any atom is -0.384 e. The molecule has 96 valence electrons. The highest BCUT2D eigenvalue weighted by Crippen LogP contribution is 2.29. The minimum absolute atomic E-state index is 0.327. The number of nitrogens with one attached hydrogen (secondary N) is 1. The van der Waals surface area contributed by atoms with Crippen LogP contribution in [0.4, 0.5) is 0 Å². The highest BCUT2D eigenvalue weighted by molar-refractivity contribution is 6.25. The Balaban J connectivity index is 2.29. The van der Waals surface area contributed by atoms with Crippen molar-refractivity contribution in [3.63, 3.8) is 0 Å². The summed E-state index contributed by atoms with van der Waals surface area (Å²) in [5, 5.41) is 4.06. The van der Waals surface area contributed by atoms with Crippen molar-refractivity contribution >= 4 is 22.6 Å². The number of methoxy groups -OCH3 is 1. The van der Waals surface area contributed by atoms with E-state index in [1.807, 2.05) is 18.2 Å². The number of imide groups is 1. The molecule has 2 amide bonds. The maximum absolute atomic E-state index is 11.9. The van der Waals surface area contributed by atoms with E-state index in [0.717, 1.165) is 22.8 Å². The van der Waals surface area contributed by atoms with Crippen LogP contribution < -0.4 is 5.32 Å². The van der Waals surface area contributed by atoms with Gasteiger partial charge in [0.15, 0.2) is 0 Å². The van der Waals surface area contributed by atoms with Crippen molar-refractivity contribution < 1.29 is 14.3 Å². The largest absolute Gasteiger partial charge is 0.384 e. The Morgan fingerprint density at radius 3 is 2.53 bits per heavy atom. The lowest BCUT2D eigenvalue weighted by molar-refractivity contribution is 0.0845. The first-order valence-corrected chi connectivity index (χ1v) is 6.11. The van der Waals surface area contributed by atoms with Gasteiger partial charge in [-0.05, 0) is 29.5 Å².